The van der Waals surface area contributed by atoms with E-state index >= 15 is 0 Å². The van der Waals surface area contributed by atoms with E-state index in [2.05, 4.69) is 18.8 Å². The number of anilines is 1. The van der Waals surface area contributed by atoms with E-state index in [4.69, 9.17) is 5.73 Å². The van der Waals surface area contributed by atoms with Gasteiger partial charge in [-0.1, -0.05) is 13.8 Å². The molecule has 1 amide bonds. The van der Waals surface area contributed by atoms with Crippen LogP contribution in [-0.4, -0.2) is 28.9 Å². The number of nitrogens with zero attached hydrogens (tertiary/aromatic N) is 2. The zero-order valence-corrected chi connectivity index (χ0v) is 12.1. The minimum Gasteiger partial charge on any atom is -0.384 e. The van der Waals surface area contributed by atoms with Crippen LogP contribution in [0.2, 0.25) is 0 Å². The first-order valence-corrected chi connectivity index (χ1v) is 7.03. The van der Waals surface area contributed by atoms with Crippen LogP contribution in [0.5, 0.6) is 0 Å². The lowest BCUT2D eigenvalue weighted by molar-refractivity contribution is 0.0769. The summed E-state index contributed by atoms with van der Waals surface area (Å²) in [6.07, 6.45) is 3.36. The van der Waals surface area contributed by atoms with E-state index in [-0.39, 0.29) is 5.91 Å². The zero-order valence-electron chi connectivity index (χ0n) is 12.1. The highest BCUT2D eigenvalue weighted by Crippen LogP contribution is 2.37. The molecule has 0 aliphatic carbocycles. The standard InChI is InChI=1S/C15H23N3O/c1-4-15(5-2)6-7-18(10-15)14(19)12-8-11(3)17-13(16)9-12/h8-9H,4-7,10H2,1-3H3,(H2,16,17). The number of hydrogen-bond acceptors (Lipinski definition) is 3. The molecule has 0 radical (unpaired) electrons. The Bertz CT molecular complexity index is 460. The summed E-state index contributed by atoms with van der Waals surface area (Å²) in [6, 6.07) is 3.49. The minimum absolute atomic E-state index is 0.0842. The third-order valence-electron chi connectivity index (χ3n) is 4.45. The van der Waals surface area contributed by atoms with Crippen molar-refractivity contribution >= 4 is 11.7 Å². The van der Waals surface area contributed by atoms with E-state index in [1.807, 2.05) is 17.9 Å². The van der Waals surface area contributed by atoms with Crippen molar-refractivity contribution in [3.63, 3.8) is 0 Å². The molecule has 104 valence electrons. The summed E-state index contributed by atoms with van der Waals surface area (Å²) in [7, 11) is 0. The number of amides is 1. The van der Waals surface area contributed by atoms with E-state index in [0.717, 1.165) is 38.0 Å². The third-order valence-corrected chi connectivity index (χ3v) is 4.45. The van der Waals surface area contributed by atoms with Crippen LogP contribution in [0.25, 0.3) is 0 Å². The Balaban J connectivity index is 2.17. The Hall–Kier alpha value is -1.58. The van der Waals surface area contributed by atoms with Gasteiger partial charge in [-0.15, -0.1) is 0 Å². The van der Waals surface area contributed by atoms with Gasteiger partial charge in [-0.2, -0.15) is 0 Å². The molecule has 19 heavy (non-hydrogen) atoms. The van der Waals surface area contributed by atoms with Crippen LogP contribution < -0.4 is 5.73 Å². The Morgan fingerprint density at radius 3 is 2.63 bits per heavy atom. The highest BCUT2D eigenvalue weighted by Gasteiger charge is 2.37. The van der Waals surface area contributed by atoms with E-state index in [1.165, 1.54) is 0 Å². The fraction of sp³-hybridized carbons (Fsp3) is 0.600. The normalized spacial score (nSPS) is 17.7. The molecule has 0 bridgehead atoms. The maximum absolute atomic E-state index is 12.5. The summed E-state index contributed by atoms with van der Waals surface area (Å²) in [5.41, 5.74) is 7.48. The van der Waals surface area contributed by atoms with Crippen LogP contribution in [0.15, 0.2) is 12.1 Å². The summed E-state index contributed by atoms with van der Waals surface area (Å²) >= 11 is 0. The largest absolute Gasteiger partial charge is 0.384 e. The fourth-order valence-electron chi connectivity index (χ4n) is 2.94. The zero-order chi connectivity index (χ0) is 14.0. The van der Waals surface area contributed by atoms with Gasteiger partial charge in [-0.25, -0.2) is 4.98 Å². The number of pyridine rings is 1. The summed E-state index contributed by atoms with van der Waals surface area (Å²) in [4.78, 5) is 18.6. The van der Waals surface area contributed by atoms with E-state index in [1.54, 1.807) is 6.07 Å². The molecular formula is C15H23N3O. The number of carbonyl (C=O) groups excluding carboxylic acids is 1. The van der Waals surface area contributed by atoms with Crippen LogP contribution >= 0.6 is 0 Å². The molecule has 4 nitrogen and oxygen atoms in total. The van der Waals surface area contributed by atoms with Gasteiger partial charge >= 0.3 is 0 Å². The van der Waals surface area contributed by atoms with Gasteiger partial charge in [0.15, 0.2) is 0 Å². The monoisotopic (exact) mass is 261 g/mol. The summed E-state index contributed by atoms with van der Waals surface area (Å²) in [5, 5.41) is 0. The second-order valence-corrected chi connectivity index (χ2v) is 5.61. The average molecular weight is 261 g/mol. The van der Waals surface area contributed by atoms with Crippen molar-refractivity contribution in [2.45, 2.75) is 40.0 Å². The lowest BCUT2D eigenvalue weighted by Gasteiger charge is -2.26. The first-order valence-electron chi connectivity index (χ1n) is 7.03. The Morgan fingerprint density at radius 1 is 1.42 bits per heavy atom. The smallest absolute Gasteiger partial charge is 0.254 e. The Kier molecular flexibility index (Phi) is 3.78. The van der Waals surface area contributed by atoms with Crippen LogP contribution in [0.3, 0.4) is 0 Å². The SMILES string of the molecule is CCC1(CC)CCN(C(=O)c2cc(C)nc(N)c2)C1. The Morgan fingerprint density at radius 2 is 2.11 bits per heavy atom. The molecule has 0 unspecified atom stereocenters. The van der Waals surface area contributed by atoms with E-state index < -0.39 is 0 Å². The molecule has 2 rings (SSSR count). The van der Waals surface area contributed by atoms with Gasteiger partial charge in [0.1, 0.15) is 5.82 Å². The van der Waals surface area contributed by atoms with Crippen molar-refractivity contribution in [1.29, 1.82) is 0 Å². The number of carbonyl (C=O) groups is 1. The quantitative estimate of drug-likeness (QED) is 0.910. The summed E-state index contributed by atoms with van der Waals surface area (Å²) in [6.45, 7) is 8.00. The van der Waals surface area contributed by atoms with Crippen LogP contribution in [0, 0.1) is 12.3 Å². The van der Waals surface area contributed by atoms with Crippen molar-refractivity contribution in [3.05, 3.63) is 23.4 Å². The fourth-order valence-corrected chi connectivity index (χ4v) is 2.94. The van der Waals surface area contributed by atoms with Gasteiger partial charge in [-0.05, 0) is 43.7 Å². The molecule has 1 aliphatic heterocycles. The molecule has 0 atom stereocenters. The van der Waals surface area contributed by atoms with Crippen LogP contribution in [0.4, 0.5) is 5.82 Å². The highest BCUT2D eigenvalue weighted by molar-refractivity contribution is 5.95. The predicted octanol–water partition coefficient (Wildman–Crippen LogP) is 2.62. The molecule has 1 aliphatic rings. The first kappa shape index (κ1) is 13.8. The van der Waals surface area contributed by atoms with Crippen LogP contribution in [0.1, 0.15) is 49.2 Å². The molecule has 1 fully saturated rings. The van der Waals surface area contributed by atoms with Crippen LogP contribution in [-0.2, 0) is 0 Å². The maximum Gasteiger partial charge on any atom is 0.254 e. The minimum atomic E-state index is 0.0842. The molecule has 2 heterocycles. The summed E-state index contributed by atoms with van der Waals surface area (Å²) < 4.78 is 0. The molecular weight excluding hydrogens is 238 g/mol. The van der Waals surface area contributed by atoms with Gasteiger partial charge in [0.05, 0.1) is 0 Å². The van der Waals surface area contributed by atoms with Gasteiger partial charge in [0, 0.05) is 24.3 Å². The number of aromatic nitrogens is 1. The number of hydrogen-bond donors (Lipinski definition) is 1. The average Bonchev–Trinajstić information content (AvgIpc) is 2.82. The third kappa shape index (κ3) is 2.72. The number of rotatable bonds is 3. The van der Waals surface area contributed by atoms with Crippen molar-refractivity contribution in [3.8, 4) is 0 Å². The van der Waals surface area contributed by atoms with Gasteiger partial charge in [0.25, 0.3) is 5.91 Å². The molecule has 4 heteroatoms. The summed E-state index contributed by atoms with van der Waals surface area (Å²) in [5.74, 6) is 0.501. The molecule has 0 spiro atoms. The second kappa shape index (κ2) is 5.19. The number of nitrogen functional groups attached to an aromatic ring is 1. The molecule has 2 N–H and O–H groups in total. The number of aryl methyl sites for hydroxylation is 1. The molecule has 1 aromatic heterocycles. The van der Waals surface area contributed by atoms with Crippen molar-refractivity contribution in [2.24, 2.45) is 5.41 Å². The maximum atomic E-state index is 12.5. The van der Waals surface area contributed by atoms with Gasteiger partial charge in [0.2, 0.25) is 0 Å². The molecule has 0 saturated carbocycles. The molecule has 1 saturated heterocycles. The van der Waals surface area contributed by atoms with E-state index in [9.17, 15) is 4.79 Å². The Labute approximate surface area is 115 Å². The first-order chi connectivity index (χ1) is 8.99. The molecule has 1 aromatic rings. The molecule has 0 aromatic carbocycles. The second-order valence-electron chi connectivity index (χ2n) is 5.61. The number of likely N-dealkylation sites (tertiary alicyclic amines) is 1. The lowest BCUT2D eigenvalue weighted by atomic mass is 9.82. The lowest BCUT2D eigenvalue weighted by Crippen LogP contribution is -2.32. The highest BCUT2D eigenvalue weighted by atomic mass is 16.2. The predicted molar refractivity (Wildman–Crippen MR) is 76.9 cm³/mol. The number of nitrogens with two attached hydrogens (primary N) is 1. The van der Waals surface area contributed by atoms with Gasteiger partial charge in [-0.3, -0.25) is 4.79 Å². The van der Waals surface area contributed by atoms with Crippen molar-refractivity contribution < 1.29 is 4.79 Å². The van der Waals surface area contributed by atoms with Crippen molar-refractivity contribution in [1.82, 2.24) is 9.88 Å². The topological polar surface area (TPSA) is 59.2 Å². The van der Waals surface area contributed by atoms with E-state index in [0.29, 0.717) is 16.8 Å². The van der Waals surface area contributed by atoms with Crippen molar-refractivity contribution in [2.75, 3.05) is 18.8 Å². The van der Waals surface area contributed by atoms with Gasteiger partial charge < -0.3 is 10.6 Å².